The van der Waals surface area contributed by atoms with E-state index < -0.39 is 21.6 Å². The number of hydroxylamine groups is 1. The summed E-state index contributed by atoms with van der Waals surface area (Å²) in [5.41, 5.74) is 2.02. The average molecular weight is 476 g/mol. The second-order valence-electron chi connectivity index (χ2n) is 8.42. The molecule has 2 aliphatic rings. The SMILES string of the molecule is O=C(NO)C1(C=S(=O)=O)CCCCC1N1CCN(c2ncc(-c3ccc(F)cc3)cn2)CC1. The molecule has 0 radical (unpaired) electrons. The van der Waals surface area contributed by atoms with Crippen molar-refractivity contribution < 1.29 is 22.8 Å². The monoisotopic (exact) mass is 475 g/mol. The van der Waals surface area contributed by atoms with Gasteiger partial charge in [0.25, 0.3) is 5.91 Å². The smallest absolute Gasteiger partial charge is 0.255 e. The summed E-state index contributed by atoms with van der Waals surface area (Å²) in [6.07, 6.45) is 6.05. The van der Waals surface area contributed by atoms with Gasteiger partial charge in [-0.05, 0) is 30.5 Å². The van der Waals surface area contributed by atoms with Crippen LogP contribution in [0.4, 0.5) is 10.3 Å². The fourth-order valence-corrected chi connectivity index (χ4v) is 5.65. The second-order valence-corrected chi connectivity index (χ2v) is 9.18. The lowest BCUT2D eigenvalue weighted by Crippen LogP contribution is -2.61. The molecule has 2 N–H and O–H groups in total. The highest BCUT2D eigenvalue weighted by Gasteiger charge is 2.49. The van der Waals surface area contributed by atoms with Gasteiger partial charge in [-0.1, -0.05) is 25.0 Å². The summed E-state index contributed by atoms with van der Waals surface area (Å²) in [7, 11) is -2.53. The van der Waals surface area contributed by atoms with Gasteiger partial charge >= 0.3 is 0 Å². The number of nitrogens with zero attached hydrogens (tertiary/aromatic N) is 4. The number of hydrogen-bond donors (Lipinski definition) is 2. The van der Waals surface area contributed by atoms with Crippen LogP contribution >= 0.6 is 0 Å². The lowest BCUT2D eigenvalue weighted by Gasteiger charge is -2.48. The molecule has 176 valence electrons. The zero-order valence-corrected chi connectivity index (χ0v) is 18.8. The first-order chi connectivity index (χ1) is 15.9. The Kier molecular flexibility index (Phi) is 7.01. The van der Waals surface area contributed by atoms with Crippen LogP contribution in [0.3, 0.4) is 0 Å². The van der Waals surface area contributed by atoms with Crippen LogP contribution in [0.2, 0.25) is 0 Å². The van der Waals surface area contributed by atoms with E-state index in [9.17, 15) is 22.8 Å². The normalized spacial score (nSPS) is 23.7. The number of halogens is 1. The maximum Gasteiger partial charge on any atom is 0.255 e. The molecule has 1 aromatic heterocycles. The van der Waals surface area contributed by atoms with E-state index in [0.29, 0.717) is 51.4 Å². The number of carbonyl (C=O) groups excluding carboxylic acids is 1. The molecule has 33 heavy (non-hydrogen) atoms. The fourth-order valence-electron chi connectivity index (χ4n) is 4.93. The molecule has 2 aromatic rings. The van der Waals surface area contributed by atoms with Gasteiger partial charge in [0.1, 0.15) is 5.82 Å². The predicted octanol–water partition coefficient (Wildman–Crippen LogP) is 1.52. The van der Waals surface area contributed by atoms with Crippen molar-refractivity contribution in [3.8, 4) is 11.1 Å². The molecule has 0 bridgehead atoms. The number of amides is 1. The molecule has 2 fully saturated rings. The first-order valence-electron chi connectivity index (χ1n) is 10.9. The summed E-state index contributed by atoms with van der Waals surface area (Å²) in [4.78, 5) is 25.7. The maximum atomic E-state index is 13.1. The molecule has 1 saturated heterocycles. The minimum atomic E-state index is -2.53. The number of nitrogens with one attached hydrogen (secondary N) is 1. The van der Waals surface area contributed by atoms with Crippen LogP contribution in [0, 0.1) is 11.2 Å². The van der Waals surface area contributed by atoms with E-state index in [1.165, 1.54) is 12.1 Å². The van der Waals surface area contributed by atoms with Gasteiger partial charge in [-0.15, -0.1) is 0 Å². The largest absolute Gasteiger partial charge is 0.338 e. The molecule has 2 unspecified atom stereocenters. The lowest BCUT2D eigenvalue weighted by atomic mass is 9.70. The molecule has 1 aliphatic carbocycles. The third-order valence-electron chi connectivity index (χ3n) is 6.60. The van der Waals surface area contributed by atoms with E-state index in [2.05, 4.69) is 14.9 Å². The summed E-state index contributed by atoms with van der Waals surface area (Å²) in [6, 6.07) is 5.82. The van der Waals surface area contributed by atoms with Gasteiger partial charge < -0.3 is 4.90 Å². The molecule has 4 rings (SSSR count). The Morgan fingerprint density at radius 3 is 2.36 bits per heavy atom. The van der Waals surface area contributed by atoms with Gasteiger partial charge in [0.15, 0.2) is 0 Å². The van der Waals surface area contributed by atoms with E-state index in [1.54, 1.807) is 30.0 Å². The Hall–Kier alpha value is -2.89. The van der Waals surface area contributed by atoms with Crippen LogP contribution in [-0.2, 0) is 15.1 Å². The van der Waals surface area contributed by atoms with E-state index in [0.717, 1.165) is 22.9 Å². The zero-order valence-electron chi connectivity index (χ0n) is 18.0. The maximum absolute atomic E-state index is 13.1. The standard InChI is InChI=1S/C22H26FN5O4S/c23-18-6-4-16(5-7-18)17-13-24-21(25-14-17)28-11-9-27(10-12-28)19-3-1-2-8-22(19,15-33(31)32)20(29)26-30/h4-7,13-15,19,30H,1-3,8-12H2,(H,26,29). The molecule has 1 saturated carbocycles. The third kappa shape index (κ3) is 4.90. The highest BCUT2D eigenvalue weighted by Crippen LogP contribution is 2.39. The Morgan fingerprint density at radius 1 is 1.09 bits per heavy atom. The quantitative estimate of drug-likeness (QED) is 0.380. The number of carbonyl (C=O) groups is 1. The highest BCUT2D eigenvalue weighted by atomic mass is 32.2. The van der Waals surface area contributed by atoms with Crippen molar-refractivity contribution in [1.82, 2.24) is 20.3 Å². The molecule has 11 heteroatoms. The van der Waals surface area contributed by atoms with Gasteiger partial charge in [-0.2, -0.15) is 8.42 Å². The van der Waals surface area contributed by atoms with Gasteiger partial charge in [-0.25, -0.2) is 19.8 Å². The van der Waals surface area contributed by atoms with Crippen LogP contribution in [0.5, 0.6) is 0 Å². The minimum absolute atomic E-state index is 0.299. The number of anilines is 1. The Morgan fingerprint density at radius 2 is 1.76 bits per heavy atom. The molecule has 1 amide bonds. The highest BCUT2D eigenvalue weighted by molar-refractivity contribution is 7.71. The van der Waals surface area contributed by atoms with Crippen molar-refractivity contribution in [3.63, 3.8) is 0 Å². The van der Waals surface area contributed by atoms with Crippen LogP contribution in [0.25, 0.3) is 11.1 Å². The van der Waals surface area contributed by atoms with Crippen molar-refractivity contribution in [2.75, 3.05) is 31.1 Å². The first-order valence-corrected chi connectivity index (χ1v) is 12.0. The van der Waals surface area contributed by atoms with E-state index in [4.69, 9.17) is 0 Å². The van der Waals surface area contributed by atoms with Crippen molar-refractivity contribution >= 4 is 27.5 Å². The molecule has 1 aliphatic heterocycles. The number of rotatable bonds is 5. The second kappa shape index (κ2) is 9.94. The first kappa shape index (κ1) is 23.3. The lowest BCUT2D eigenvalue weighted by molar-refractivity contribution is -0.141. The number of hydrogen-bond acceptors (Lipinski definition) is 8. The van der Waals surface area contributed by atoms with Crippen LogP contribution in [0.1, 0.15) is 25.7 Å². The van der Waals surface area contributed by atoms with Crippen molar-refractivity contribution in [1.29, 1.82) is 0 Å². The van der Waals surface area contributed by atoms with Crippen molar-refractivity contribution in [3.05, 3.63) is 42.5 Å². The van der Waals surface area contributed by atoms with Crippen molar-refractivity contribution in [2.45, 2.75) is 31.7 Å². The molecule has 1 aromatic carbocycles. The predicted molar refractivity (Wildman–Crippen MR) is 121 cm³/mol. The fraction of sp³-hybridized carbons (Fsp3) is 0.455. The van der Waals surface area contributed by atoms with Gasteiger partial charge in [-0.3, -0.25) is 14.9 Å². The molecular formula is C22H26FN5O4S. The summed E-state index contributed by atoms with van der Waals surface area (Å²) in [6.45, 7) is 2.44. The van der Waals surface area contributed by atoms with Gasteiger partial charge in [0.05, 0.1) is 10.8 Å². The van der Waals surface area contributed by atoms with E-state index in [1.807, 2.05) is 4.90 Å². The summed E-state index contributed by atoms with van der Waals surface area (Å²) < 4.78 is 36.2. The summed E-state index contributed by atoms with van der Waals surface area (Å²) in [5, 5.41) is 10.4. The Labute approximate surface area is 192 Å². The molecule has 2 heterocycles. The topological polar surface area (TPSA) is 116 Å². The van der Waals surface area contributed by atoms with Gasteiger partial charge in [0.2, 0.25) is 16.2 Å². The number of piperazine rings is 1. The van der Waals surface area contributed by atoms with Gasteiger partial charge in [0, 0.05) is 50.2 Å². The number of aromatic nitrogens is 2. The van der Waals surface area contributed by atoms with Crippen molar-refractivity contribution in [2.24, 2.45) is 5.41 Å². The molecule has 0 spiro atoms. The van der Waals surface area contributed by atoms with E-state index >= 15 is 0 Å². The molecule has 9 nitrogen and oxygen atoms in total. The molecule has 2 atom stereocenters. The summed E-state index contributed by atoms with van der Waals surface area (Å²) in [5.74, 6) is -0.402. The number of benzene rings is 1. The minimum Gasteiger partial charge on any atom is -0.338 e. The van der Waals surface area contributed by atoms with Crippen LogP contribution in [-0.4, -0.2) is 72.0 Å². The van der Waals surface area contributed by atoms with Crippen LogP contribution in [0.15, 0.2) is 36.7 Å². The Bertz CT molecular complexity index is 1110. The summed E-state index contributed by atoms with van der Waals surface area (Å²) >= 11 is 0. The molecular weight excluding hydrogens is 449 g/mol. The zero-order chi connectivity index (χ0) is 23.4. The Balaban J connectivity index is 1.47. The van der Waals surface area contributed by atoms with Crippen LogP contribution < -0.4 is 10.4 Å². The third-order valence-corrected chi connectivity index (χ3v) is 7.21. The van der Waals surface area contributed by atoms with E-state index in [-0.39, 0.29) is 11.9 Å². The average Bonchev–Trinajstić information content (AvgIpc) is 2.84.